The monoisotopic (exact) mass is 663 g/mol. The van der Waals surface area contributed by atoms with Crippen LogP contribution in [0.15, 0.2) is 92.2 Å². The number of sulfonamides is 1. The summed E-state index contributed by atoms with van der Waals surface area (Å²) in [5.74, 6) is -0.678. The number of benzene rings is 2. The molecule has 0 saturated heterocycles. The van der Waals surface area contributed by atoms with Gasteiger partial charge in [-0.1, -0.05) is 56.3 Å². The van der Waals surface area contributed by atoms with Crippen LogP contribution in [0.3, 0.4) is 0 Å². The zero-order valence-corrected chi connectivity index (χ0v) is 25.3. The first-order valence-electron chi connectivity index (χ1n) is 12.6. The zero-order valence-electron chi connectivity index (χ0n) is 22.1. The van der Waals surface area contributed by atoms with Crippen LogP contribution in [0, 0.1) is 0 Å². The highest BCUT2D eigenvalue weighted by Gasteiger charge is 2.74. The number of hydrogen-bond acceptors (Lipinski definition) is 5. The predicted octanol–water partition coefficient (Wildman–Crippen LogP) is 8.41. The first-order valence-corrected chi connectivity index (χ1v) is 16.8. The first-order chi connectivity index (χ1) is 18.6. The summed E-state index contributed by atoms with van der Waals surface area (Å²) in [5.41, 5.74) is 0.0427. The number of rotatable bonds is 10. The Morgan fingerprint density at radius 2 is 1.55 bits per heavy atom. The largest absolute Gasteiger partial charge is 0.403 e. The zero-order chi connectivity index (χ0) is 29.4. The molecule has 6 nitrogen and oxygen atoms in total. The lowest BCUT2D eigenvalue weighted by Gasteiger charge is -2.51. The molecule has 0 fully saturated rings. The molecule has 0 saturated carbocycles. The minimum atomic E-state index is -9.31. The Morgan fingerprint density at radius 3 is 2.08 bits per heavy atom. The van der Waals surface area contributed by atoms with Gasteiger partial charge in [-0.15, -0.1) is 20.6 Å². The molecule has 13 heteroatoms. The lowest BCUT2D eigenvalue weighted by Crippen LogP contribution is -2.32. The van der Waals surface area contributed by atoms with Gasteiger partial charge in [0.15, 0.2) is 10.8 Å². The molecule has 0 radical (unpaired) electrons. The molecule has 0 bridgehead atoms. The van der Waals surface area contributed by atoms with E-state index in [4.69, 9.17) is 4.84 Å². The lowest BCUT2D eigenvalue weighted by atomic mass is 10.0. The minimum Gasteiger partial charge on any atom is -0.403 e. The fourth-order valence-corrected chi connectivity index (χ4v) is 8.58. The summed E-state index contributed by atoms with van der Waals surface area (Å²) in [5, 5.41) is -0.733. The van der Waals surface area contributed by atoms with Crippen LogP contribution in [0.5, 0.6) is 0 Å². The minimum absolute atomic E-state index is 0.00706. The first kappa shape index (κ1) is 30.5. The Labute approximate surface area is 240 Å². The molecule has 1 aromatic heterocycles. The molecule has 0 spiro atoms. The quantitative estimate of drug-likeness (QED) is 0.204. The van der Waals surface area contributed by atoms with Crippen LogP contribution in [0.4, 0.5) is 15.5 Å². The van der Waals surface area contributed by atoms with Gasteiger partial charge >= 0.3 is 0 Å². The van der Waals surface area contributed by atoms with Gasteiger partial charge in [0.2, 0.25) is 19.9 Å². The molecule has 0 N–H and O–H groups in total. The molecule has 3 aromatic rings. The normalized spacial score (nSPS) is 18.5. The number of halogens is 5. The van der Waals surface area contributed by atoms with Crippen molar-refractivity contribution in [3.8, 4) is 0 Å². The SMILES string of the molecule is CCCN(CCC)S(=O)(=O)c1ccc(C2C(S(F)(F)(F)(F)c3ccc(Br)cn3)=C(c3ccccc3)ON2C)cc1. The summed E-state index contributed by atoms with van der Waals surface area (Å²) >= 11 is 3.05. The molecular weight excluding hydrogens is 634 g/mol. The highest BCUT2D eigenvalue weighted by molar-refractivity contribution is 9.10. The smallest absolute Gasteiger partial charge is 0.243 e. The lowest BCUT2D eigenvalue weighted by molar-refractivity contribution is -0.0670. The number of hydroxylamine groups is 2. The van der Waals surface area contributed by atoms with Crippen LogP contribution in [-0.2, 0) is 14.9 Å². The fraction of sp³-hybridized carbons (Fsp3) is 0.296. The van der Waals surface area contributed by atoms with Crippen molar-refractivity contribution in [2.24, 2.45) is 0 Å². The molecular formula is C27H30BrF4N3O3S2. The average molecular weight is 665 g/mol. The van der Waals surface area contributed by atoms with Crippen molar-refractivity contribution in [3.63, 3.8) is 0 Å². The highest BCUT2D eigenvalue weighted by atomic mass is 79.9. The van der Waals surface area contributed by atoms with E-state index in [0.717, 1.165) is 17.3 Å². The van der Waals surface area contributed by atoms with Gasteiger partial charge < -0.3 is 4.84 Å². The van der Waals surface area contributed by atoms with E-state index in [0.29, 0.717) is 32.0 Å². The predicted molar refractivity (Wildman–Crippen MR) is 153 cm³/mol. The van der Waals surface area contributed by atoms with Crippen molar-refractivity contribution in [1.29, 1.82) is 0 Å². The van der Waals surface area contributed by atoms with E-state index in [9.17, 15) is 8.42 Å². The molecule has 4 rings (SSSR count). The van der Waals surface area contributed by atoms with Gasteiger partial charge in [-0.05, 0) is 58.6 Å². The van der Waals surface area contributed by atoms with E-state index in [-0.39, 0.29) is 20.5 Å². The van der Waals surface area contributed by atoms with E-state index >= 15 is 15.5 Å². The Morgan fingerprint density at radius 1 is 0.950 bits per heavy atom. The molecule has 2 heterocycles. The van der Waals surface area contributed by atoms with E-state index in [1.54, 1.807) is 6.07 Å². The fourth-order valence-electron chi connectivity index (χ4n) is 4.63. The molecule has 218 valence electrons. The molecule has 1 aliphatic heterocycles. The summed E-state index contributed by atoms with van der Waals surface area (Å²) in [7, 11) is -11.9. The van der Waals surface area contributed by atoms with Crippen LogP contribution in [0.2, 0.25) is 0 Å². The van der Waals surface area contributed by atoms with Crippen LogP contribution < -0.4 is 0 Å². The van der Waals surface area contributed by atoms with Gasteiger partial charge in [-0.2, -0.15) is 4.31 Å². The van der Waals surface area contributed by atoms with Crippen molar-refractivity contribution in [1.82, 2.24) is 14.4 Å². The second-order valence-corrected chi connectivity index (χ2v) is 15.3. The summed E-state index contributed by atoms with van der Waals surface area (Å²) in [6, 6.07) is 12.5. The van der Waals surface area contributed by atoms with Gasteiger partial charge in [0.25, 0.3) is 0 Å². The summed E-state index contributed by atoms with van der Waals surface area (Å²) in [6.45, 7) is 4.34. The van der Waals surface area contributed by atoms with E-state index < -0.39 is 41.6 Å². The summed E-state index contributed by atoms with van der Waals surface area (Å²) < 4.78 is 93.6. The third-order valence-corrected chi connectivity index (χ3v) is 11.2. The maximum absolute atomic E-state index is 16.4. The average Bonchev–Trinajstić information content (AvgIpc) is 3.28. The standard InChI is InChI=1S/C27H30BrF4N3O3S2/c1-4-17-35(18-5-2)39(36,37)23-14-11-20(12-15-23)25-27(26(38-34(25)3)21-9-7-6-8-10-21)40(29,30,31,32)24-16-13-22(28)19-33-24/h6-16,19,25H,4-5,17-18H2,1-3H3. The molecule has 40 heavy (non-hydrogen) atoms. The Hall–Kier alpha value is -2.45. The van der Waals surface area contributed by atoms with Crippen LogP contribution in [0.25, 0.3) is 5.76 Å². The molecule has 0 amide bonds. The van der Waals surface area contributed by atoms with Gasteiger partial charge in [0, 0.05) is 36.4 Å². The summed E-state index contributed by atoms with van der Waals surface area (Å²) in [6.07, 6.45) is 2.10. The second kappa shape index (κ2) is 10.4. The van der Waals surface area contributed by atoms with Gasteiger partial charge in [-0.25, -0.2) is 13.4 Å². The van der Waals surface area contributed by atoms with Crippen molar-refractivity contribution < 1.29 is 28.8 Å². The van der Waals surface area contributed by atoms with Crippen LogP contribution >= 0.6 is 25.8 Å². The molecule has 1 aliphatic rings. The number of aromatic nitrogens is 1. The number of likely N-dealkylation sites (N-methyl/N-ethyl adjacent to an activating group) is 1. The second-order valence-electron chi connectivity index (χ2n) is 9.46. The molecule has 2 aromatic carbocycles. The van der Waals surface area contributed by atoms with Gasteiger partial charge in [-0.3, -0.25) is 0 Å². The van der Waals surface area contributed by atoms with E-state index in [1.807, 2.05) is 13.8 Å². The van der Waals surface area contributed by atoms with Crippen molar-refractivity contribution in [2.45, 2.75) is 42.7 Å². The summed E-state index contributed by atoms with van der Waals surface area (Å²) in [4.78, 5) is 7.46. The van der Waals surface area contributed by atoms with Crippen LogP contribution in [0.1, 0.15) is 43.9 Å². The topological polar surface area (TPSA) is 62.7 Å². The third-order valence-electron chi connectivity index (χ3n) is 6.45. The van der Waals surface area contributed by atoms with E-state index in [2.05, 4.69) is 20.9 Å². The van der Waals surface area contributed by atoms with Crippen molar-refractivity contribution in [2.75, 3.05) is 20.1 Å². The van der Waals surface area contributed by atoms with Crippen molar-refractivity contribution >= 4 is 41.6 Å². The third kappa shape index (κ3) is 5.54. The maximum Gasteiger partial charge on any atom is 0.243 e. The van der Waals surface area contributed by atoms with Crippen molar-refractivity contribution in [3.05, 3.63) is 93.4 Å². The Bertz CT molecular complexity index is 1510. The van der Waals surface area contributed by atoms with Gasteiger partial charge in [0.05, 0.1) is 4.90 Å². The van der Waals surface area contributed by atoms with E-state index in [1.165, 1.54) is 59.9 Å². The van der Waals surface area contributed by atoms with Crippen LogP contribution in [-0.4, -0.2) is 42.9 Å². The maximum atomic E-state index is 16.4. The highest BCUT2D eigenvalue weighted by Crippen LogP contribution is 3.06. The molecule has 1 atom stereocenters. The molecule has 1 unspecified atom stereocenters. The number of hydrogen-bond donors (Lipinski definition) is 0. The molecule has 0 aliphatic carbocycles. The van der Waals surface area contributed by atoms with Gasteiger partial charge in [0.1, 0.15) is 10.9 Å². The number of nitrogens with zero attached hydrogens (tertiary/aromatic N) is 3. The Balaban J connectivity index is 1.91. The number of pyridine rings is 1. The Kier molecular flexibility index (Phi) is 7.95.